The summed E-state index contributed by atoms with van der Waals surface area (Å²) in [5.74, 6) is 0. The van der Waals surface area contributed by atoms with Gasteiger partial charge in [-0.1, -0.05) is 30.3 Å². The fourth-order valence-electron chi connectivity index (χ4n) is 1.95. The first-order chi connectivity index (χ1) is 9.57. The number of anilines is 2. The van der Waals surface area contributed by atoms with Crippen LogP contribution in [-0.2, 0) is 10.0 Å². The van der Waals surface area contributed by atoms with E-state index in [4.69, 9.17) is 0 Å². The van der Waals surface area contributed by atoms with Gasteiger partial charge in [0.25, 0.3) is 10.0 Å². The van der Waals surface area contributed by atoms with Crippen molar-refractivity contribution in [2.24, 2.45) is 0 Å². The molecule has 2 aromatic rings. The van der Waals surface area contributed by atoms with Crippen LogP contribution in [-0.4, -0.2) is 22.0 Å². The number of hydrogen-bond donors (Lipinski definition) is 1. The molecule has 0 saturated heterocycles. The Morgan fingerprint density at radius 1 is 1.00 bits per heavy atom. The van der Waals surface area contributed by atoms with E-state index >= 15 is 0 Å². The molecule has 4 nitrogen and oxygen atoms in total. The second-order valence-electron chi connectivity index (χ2n) is 4.33. The van der Waals surface area contributed by atoms with E-state index in [1.54, 1.807) is 37.4 Å². The van der Waals surface area contributed by atoms with Crippen LogP contribution in [0.2, 0.25) is 0 Å². The van der Waals surface area contributed by atoms with Gasteiger partial charge in [-0.25, -0.2) is 8.42 Å². The molecular weight excluding hydrogens is 272 g/mol. The molecule has 0 aromatic heterocycles. The molecule has 0 aliphatic rings. The van der Waals surface area contributed by atoms with Crippen LogP contribution in [0.1, 0.15) is 6.92 Å². The van der Waals surface area contributed by atoms with Crippen molar-refractivity contribution in [3.8, 4) is 0 Å². The second kappa shape index (κ2) is 5.96. The lowest BCUT2D eigenvalue weighted by Gasteiger charge is -2.21. The maximum Gasteiger partial charge on any atom is 0.266 e. The lowest BCUT2D eigenvalue weighted by molar-refractivity contribution is 0.594. The van der Waals surface area contributed by atoms with Gasteiger partial charge < -0.3 is 5.32 Å². The molecule has 0 radical (unpaired) electrons. The average molecular weight is 290 g/mol. The van der Waals surface area contributed by atoms with Crippen molar-refractivity contribution in [1.29, 1.82) is 0 Å². The highest BCUT2D eigenvalue weighted by molar-refractivity contribution is 7.93. The van der Waals surface area contributed by atoms with Gasteiger partial charge in [0.1, 0.15) is 4.90 Å². The van der Waals surface area contributed by atoms with Crippen molar-refractivity contribution in [2.75, 3.05) is 23.2 Å². The maximum absolute atomic E-state index is 12.7. The van der Waals surface area contributed by atoms with Crippen molar-refractivity contribution in [3.05, 3.63) is 54.6 Å². The van der Waals surface area contributed by atoms with Gasteiger partial charge in [0.2, 0.25) is 0 Å². The van der Waals surface area contributed by atoms with Gasteiger partial charge in [0.15, 0.2) is 0 Å². The molecule has 0 unspecified atom stereocenters. The van der Waals surface area contributed by atoms with E-state index in [0.717, 1.165) is 0 Å². The Morgan fingerprint density at radius 2 is 1.60 bits per heavy atom. The van der Waals surface area contributed by atoms with Crippen LogP contribution in [0.5, 0.6) is 0 Å². The first kappa shape index (κ1) is 14.4. The zero-order valence-corrected chi connectivity index (χ0v) is 12.4. The second-order valence-corrected chi connectivity index (χ2v) is 6.27. The molecule has 0 saturated carbocycles. The molecule has 5 heteroatoms. The normalized spacial score (nSPS) is 11.1. The number of sulfonamides is 1. The maximum atomic E-state index is 12.7. The molecule has 0 fully saturated rings. The molecule has 0 atom stereocenters. The fraction of sp³-hybridized carbons (Fsp3) is 0.200. The Morgan fingerprint density at radius 3 is 2.25 bits per heavy atom. The highest BCUT2D eigenvalue weighted by Crippen LogP contribution is 2.27. The lowest BCUT2D eigenvalue weighted by atomic mass is 10.3. The van der Waals surface area contributed by atoms with E-state index in [0.29, 0.717) is 17.9 Å². The fourth-order valence-corrected chi connectivity index (χ4v) is 3.32. The SMILES string of the molecule is CCNc1ccccc1S(=O)(=O)N(C)c1ccccc1. The van der Waals surface area contributed by atoms with E-state index in [-0.39, 0.29) is 4.90 Å². The summed E-state index contributed by atoms with van der Waals surface area (Å²) in [5.41, 5.74) is 1.26. The van der Waals surface area contributed by atoms with Crippen LogP contribution < -0.4 is 9.62 Å². The van der Waals surface area contributed by atoms with Crippen molar-refractivity contribution in [3.63, 3.8) is 0 Å². The Hall–Kier alpha value is -2.01. The van der Waals surface area contributed by atoms with E-state index < -0.39 is 10.0 Å². The van der Waals surface area contributed by atoms with Gasteiger partial charge in [-0.3, -0.25) is 4.31 Å². The molecule has 0 aliphatic heterocycles. The monoisotopic (exact) mass is 290 g/mol. The molecule has 0 heterocycles. The van der Waals surface area contributed by atoms with Crippen LogP contribution in [0.25, 0.3) is 0 Å². The van der Waals surface area contributed by atoms with Crippen molar-refractivity contribution in [2.45, 2.75) is 11.8 Å². The Labute approximate surface area is 120 Å². The zero-order chi connectivity index (χ0) is 14.6. The van der Waals surface area contributed by atoms with Crippen molar-refractivity contribution in [1.82, 2.24) is 0 Å². The van der Waals surface area contributed by atoms with Crippen LogP contribution >= 0.6 is 0 Å². The van der Waals surface area contributed by atoms with Crippen molar-refractivity contribution < 1.29 is 8.42 Å². The van der Waals surface area contributed by atoms with E-state index in [2.05, 4.69) is 5.32 Å². The van der Waals surface area contributed by atoms with Crippen LogP contribution in [0.4, 0.5) is 11.4 Å². The number of nitrogens with zero attached hydrogens (tertiary/aromatic N) is 1. The molecule has 106 valence electrons. The lowest BCUT2D eigenvalue weighted by Crippen LogP contribution is -2.27. The molecule has 1 N–H and O–H groups in total. The quantitative estimate of drug-likeness (QED) is 0.921. The third-order valence-electron chi connectivity index (χ3n) is 3.01. The minimum Gasteiger partial charge on any atom is -0.384 e. The van der Waals surface area contributed by atoms with Crippen LogP contribution in [0.3, 0.4) is 0 Å². The van der Waals surface area contributed by atoms with E-state index in [1.165, 1.54) is 4.31 Å². The number of nitrogens with one attached hydrogen (secondary N) is 1. The highest BCUT2D eigenvalue weighted by atomic mass is 32.2. The molecule has 0 bridgehead atoms. The molecule has 20 heavy (non-hydrogen) atoms. The zero-order valence-electron chi connectivity index (χ0n) is 11.6. The summed E-state index contributed by atoms with van der Waals surface area (Å²) in [4.78, 5) is 0.285. The predicted molar refractivity (Wildman–Crippen MR) is 82.6 cm³/mol. The van der Waals surface area contributed by atoms with Gasteiger partial charge in [0.05, 0.1) is 11.4 Å². The standard InChI is InChI=1S/C15H18N2O2S/c1-3-16-14-11-7-8-12-15(14)20(18,19)17(2)13-9-5-4-6-10-13/h4-12,16H,3H2,1-2H3. The van der Waals surface area contributed by atoms with Gasteiger partial charge in [-0.15, -0.1) is 0 Å². The molecule has 2 aromatic carbocycles. The minimum absolute atomic E-state index is 0.285. The predicted octanol–water partition coefficient (Wildman–Crippen LogP) is 2.94. The summed E-state index contributed by atoms with van der Waals surface area (Å²) in [6.45, 7) is 2.60. The number of para-hydroxylation sites is 2. The topological polar surface area (TPSA) is 49.4 Å². The minimum atomic E-state index is -3.57. The molecule has 0 spiro atoms. The third-order valence-corrected chi connectivity index (χ3v) is 4.86. The van der Waals surface area contributed by atoms with E-state index in [1.807, 2.05) is 31.2 Å². The first-order valence-corrected chi connectivity index (χ1v) is 7.88. The summed E-state index contributed by atoms with van der Waals surface area (Å²) in [7, 11) is -2.01. The van der Waals surface area contributed by atoms with Crippen LogP contribution in [0.15, 0.2) is 59.5 Å². The van der Waals surface area contributed by atoms with Gasteiger partial charge in [-0.05, 0) is 31.2 Å². The summed E-state index contributed by atoms with van der Waals surface area (Å²) >= 11 is 0. The molecule has 0 amide bonds. The molecular formula is C15H18N2O2S. The molecule has 0 aliphatic carbocycles. The largest absolute Gasteiger partial charge is 0.384 e. The summed E-state index contributed by atoms with van der Waals surface area (Å²) in [6, 6.07) is 16.0. The number of benzene rings is 2. The smallest absolute Gasteiger partial charge is 0.266 e. The van der Waals surface area contributed by atoms with Crippen molar-refractivity contribution >= 4 is 21.4 Å². The van der Waals surface area contributed by atoms with Gasteiger partial charge in [0, 0.05) is 13.6 Å². The average Bonchev–Trinajstić information content (AvgIpc) is 2.48. The Bertz CT molecular complexity index is 669. The molecule has 2 rings (SSSR count). The Balaban J connectivity index is 2.45. The Kier molecular flexibility index (Phi) is 4.29. The van der Waals surface area contributed by atoms with Crippen LogP contribution in [0, 0.1) is 0 Å². The van der Waals surface area contributed by atoms with Gasteiger partial charge in [-0.2, -0.15) is 0 Å². The third kappa shape index (κ3) is 2.77. The first-order valence-electron chi connectivity index (χ1n) is 6.44. The van der Waals surface area contributed by atoms with E-state index in [9.17, 15) is 8.42 Å². The number of rotatable bonds is 5. The summed E-state index contributed by atoms with van der Waals surface area (Å²) in [5, 5.41) is 3.08. The number of hydrogen-bond acceptors (Lipinski definition) is 3. The summed E-state index contributed by atoms with van der Waals surface area (Å²) < 4.78 is 26.7. The van der Waals surface area contributed by atoms with Gasteiger partial charge >= 0.3 is 0 Å². The summed E-state index contributed by atoms with van der Waals surface area (Å²) in [6.07, 6.45) is 0. The highest BCUT2D eigenvalue weighted by Gasteiger charge is 2.23.